The van der Waals surface area contributed by atoms with E-state index in [0.717, 1.165) is 6.42 Å². The van der Waals surface area contributed by atoms with Gasteiger partial charge in [0.2, 0.25) is 0 Å². The third kappa shape index (κ3) is 3.86. The molecule has 20 heavy (non-hydrogen) atoms. The summed E-state index contributed by atoms with van der Waals surface area (Å²) in [5.41, 5.74) is 8.29. The standard InChI is InChI=1S/C17H23NO2/c1-12-3-5-14(6-4-12)13(2)11-20-17(19)15-7-9-16(18)10-8-15/h3,7-10,13-14H,4-6,11,18H2,1-2H3. The minimum atomic E-state index is -0.264. The molecule has 0 bridgehead atoms. The fraction of sp³-hybridized carbons (Fsp3) is 0.471. The van der Waals surface area contributed by atoms with Crippen LogP contribution in [0.4, 0.5) is 5.69 Å². The summed E-state index contributed by atoms with van der Waals surface area (Å²) >= 11 is 0. The number of benzene rings is 1. The second-order valence-electron chi connectivity index (χ2n) is 5.78. The summed E-state index contributed by atoms with van der Waals surface area (Å²) in [7, 11) is 0. The summed E-state index contributed by atoms with van der Waals surface area (Å²) in [4.78, 5) is 11.9. The SMILES string of the molecule is CC1=CCC(C(C)COC(=O)c2ccc(N)cc2)CC1. The maximum absolute atomic E-state index is 11.9. The van der Waals surface area contributed by atoms with Gasteiger partial charge in [0.15, 0.2) is 0 Å². The highest BCUT2D eigenvalue weighted by Gasteiger charge is 2.20. The van der Waals surface area contributed by atoms with Crippen LogP contribution in [0.25, 0.3) is 0 Å². The van der Waals surface area contributed by atoms with Crippen molar-refractivity contribution < 1.29 is 9.53 Å². The van der Waals surface area contributed by atoms with Gasteiger partial charge < -0.3 is 10.5 Å². The monoisotopic (exact) mass is 273 g/mol. The van der Waals surface area contributed by atoms with Crippen molar-refractivity contribution in [3.8, 4) is 0 Å². The first kappa shape index (κ1) is 14.6. The van der Waals surface area contributed by atoms with Crippen LogP contribution in [0.5, 0.6) is 0 Å². The summed E-state index contributed by atoms with van der Waals surface area (Å²) < 4.78 is 5.41. The van der Waals surface area contributed by atoms with E-state index in [1.54, 1.807) is 24.3 Å². The van der Waals surface area contributed by atoms with Gasteiger partial charge in [-0.25, -0.2) is 4.79 Å². The highest BCUT2D eigenvalue weighted by Crippen LogP contribution is 2.29. The Hall–Kier alpha value is -1.77. The Morgan fingerprint density at radius 3 is 2.70 bits per heavy atom. The summed E-state index contributed by atoms with van der Waals surface area (Å²) in [6, 6.07) is 6.84. The molecule has 3 nitrogen and oxygen atoms in total. The lowest BCUT2D eigenvalue weighted by atomic mass is 9.82. The maximum atomic E-state index is 11.9. The van der Waals surface area contributed by atoms with Gasteiger partial charge in [0.05, 0.1) is 12.2 Å². The number of anilines is 1. The molecule has 0 radical (unpaired) electrons. The Morgan fingerprint density at radius 2 is 2.10 bits per heavy atom. The number of carbonyl (C=O) groups excluding carboxylic acids is 1. The fourth-order valence-corrected chi connectivity index (χ4v) is 2.55. The highest BCUT2D eigenvalue weighted by molar-refractivity contribution is 5.89. The largest absolute Gasteiger partial charge is 0.462 e. The minimum absolute atomic E-state index is 0.264. The van der Waals surface area contributed by atoms with E-state index < -0.39 is 0 Å². The lowest BCUT2D eigenvalue weighted by Crippen LogP contribution is -2.21. The molecule has 0 amide bonds. The molecule has 0 aliphatic heterocycles. The topological polar surface area (TPSA) is 52.3 Å². The molecule has 2 unspecified atom stereocenters. The van der Waals surface area contributed by atoms with Crippen molar-refractivity contribution in [3.63, 3.8) is 0 Å². The second-order valence-corrected chi connectivity index (χ2v) is 5.78. The molecule has 1 aromatic rings. The smallest absolute Gasteiger partial charge is 0.338 e. The van der Waals surface area contributed by atoms with Crippen LogP contribution in [0.1, 0.15) is 43.5 Å². The molecule has 0 fully saturated rings. The minimum Gasteiger partial charge on any atom is -0.462 e. The summed E-state index contributed by atoms with van der Waals surface area (Å²) in [5.74, 6) is 0.759. The van der Waals surface area contributed by atoms with Gasteiger partial charge in [-0.2, -0.15) is 0 Å². The Morgan fingerprint density at radius 1 is 1.40 bits per heavy atom. The van der Waals surface area contributed by atoms with Crippen LogP contribution in [0.2, 0.25) is 0 Å². The number of hydrogen-bond donors (Lipinski definition) is 1. The Balaban J connectivity index is 1.82. The van der Waals surface area contributed by atoms with Crippen LogP contribution in [-0.4, -0.2) is 12.6 Å². The fourth-order valence-electron chi connectivity index (χ4n) is 2.55. The first-order valence-corrected chi connectivity index (χ1v) is 7.24. The molecule has 0 heterocycles. The zero-order valence-electron chi connectivity index (χ0n) is 12.3. The number of hydrogen-bond acceptors (Lipinski definition) is 3. The number of esters is 1. The van der Waals surface area contributed by atoms with Crippen molar-refractivity contribution in [1.29, 1.82) is 0 Å². The van der Waals surface area contributed by atoms with E-state index in [1.807, 2.05) is 0 Å². The molecule has 2 N–H and O–H groups in total. The molecule has 108 valence electrons. The average Bonchev–Trinajstić information content (AvgIpc) is 2.46. The first-order valence-electron chi connectivity index (χ1n) is 7.24. The second kappa shape index (κ2) is 6.60. The van der Waals surface area contributed by atoms with E-state index in [0.29, 0.717) is 29.7 Å². The molecule has 1 aromatic carbocycles. The highest BCUT2D eigenvalue weighted by atomic mass is 16.5. The Kier molecular flexibility index (Phi) is 4.83. The van der Waals surface area contributed by atoms with E-state index in [1.165, 1.54) is 18.4 Å². The maximum Gasteiger partial charge on any atom is 0.338 e. The lowest BCUT2D eigenvalue weighted by molar-refractivity contribution is 0.0401. The predicted molar refractivity (Wildman–Crippen MR) is 81.4 cm³/mol. The molecule has 2 atom stereocenters. The molecule has 0 saturated heterocycles. The third-order valence-electron chi connectivity index (χ3n) is 4.11. The number of nitrogen functional groups attached to an aromatic ring is 1. The molecule has 2 rings (SSSR count). The van der Waals surface area contributed by atoms with Crippen molar-refractivity contribution in [2.24, 2.45) is 11.8 Å². The van der Waals surface area contributed by atoms with Gasteiger partial charge in [0.1, 0.15) is 0 Å². The van der Waals surface area contributed by atoms with Crippen molar-refractivity contribution in [3.05, 3.63) is 41.5 Å². The van der Waals surface area contributed by atoms with Crippen LogP contribution < -0.4 is 5.73 Å². The quantitative estimate of drug-likeness (QED) is 0.515. The zero-order chi connectivity index (χ0) is 14.5. The van der Waals surface area contributed by atoms with E-state index in [-0.39, 0.29) is 5.97 Å². The predicted octanol–water partition coefficient (Wildman–Crippen LogP) is 3.81. The van der Waals surface area contributed by atoms with Crippen LogP contribution in [-0.2, 0) is 4.74 Å². The number of nitrogens with two attached hydrogens (primary N) is 1. The average molecular weight is 273 g/mol. The molecule has 1 aliphatic carbocycles. The molecule has 1 aliphatic rings. The number of rotatable bonds is 4. The van der Waals surface area contributed by atoms with Gasteiger partial charge in [0, 0.05) is 5.69 Å². The number of ether oxygens (including phenoxy) is 1. The van der Waals surface area contributed by atoms with Crippen LogP contribution in [0.15, 0.2) is 35.9 Å². The van der Waals surface area contributed by atoms with Crippen molar-refractivity contribution in [2.75, 3.05) is 12.3 Å². The van der Waals surface area contributed by atoms with Crippen molar-refractivity contribution in [2.45, 2.75) is 33.1 Å². The number of allylic oxidation sites excluding steroid dienone is 2. The Labute approximate surface area is 120 Å². The van der Waals surface area contributed by atoms with Gasteiger partial charge in [-0.15, -0.1) is 0 Å². The number of carbonyl (C=O) groups is 1. The van der Waals surface area contributed by atoms with E-state index in [9.17, 15) is 4.79 Å². The molecule has 0 saturated carbocycles. The van der Waals surface area contributed by atoms with E-state index in [2.05, 4.69) is 19.9 Å². The van der Waals surface area contributed by atoms with Gasteiger partial charge >= 0.3 is 5.97 Å². The van der Waals surface area contributed by atoms with Crippen molar-refractivity contribution >= 4 is 11.7 Å². The molecular formula is C17H23NO2. The molecule has 0 aromatic heterocycles. The van der Waals surface area contributed by atoms with Gasteiger partial charge in [0.25, 0.3) is 0 Å². The van der Waals surface area contributed by atoms with E-state index in [4.69, 9.17) is 10.5 Å². The van der Waals surface area contributed by atoms with E-state index >= 15 is 0 Å². The Bertz CT molecular complexity index is 490. The normalized spacial score (nSPS) is 20.1. The molecule has 3 heteroatoms. The summed E-state index contributed by atoms with van der Waals surface area (Å²) in [5, 5.41) is 0. The molecular weight excluding hydrogens is 250 g/mol. The third-order valence-corrected chi connectivity index (χ3v) is 4.11. The first-order chi connectivity index (χ1) is 9.56. The molecule has 0 spiro atoms. The van der Waals surface area contributed by atoms with Gasteiger partial charge in [-0.3, -0.25) is 0 Å². The van der Waals surface area contributed by atoms with Crippen LogP contribution in [0.3, 0.4) is 0 Å². The van der Waals surface area contributed by atoms with Gasteiger partial charge in [-0.05, 0) is 62.3 Å². The van der Waals surface area contributed by atoms with Crippen LogP contribution >= 0.6 is 0 Å². The summed E-state index contributed by atoms with van der Waals surface area (Å²) in [6.45, 7) is 4.83. The van der Waals surface area contributed by atoms with Crippen LogP contribution in [0, 0.1) is 11.8 Å². The van der Waals surface area contributed by atoms with Gasteiger partial charge in [-0.1, -0.05) is 18.6 Å². The zero-order valence-corrected chi connectivity index (χ0v) is 12.3. The lowest BCUT2D eigenvalue weighted by Gasteiger charge is -2.26. The summed E-state index contributed by atoms with van der Waals surface area (Å²) in [6.07, 6.45) is 5.78. The van der Waals surface area contributed by atoms with Crippen molar-refractivity contribution in [1.82, 2.24) is 0 Å².